The number of benzene rings is 4. The monoisotopic (exact) mass is 477 g/mol. The van der Waals surface area contributed by atoms with Crippen LogP contribution < -0.4 is 20.5 Å². The zero-order valence-corrected chi connectivity index (χ0v) is 19.4. The number of nitrogens with zero attached hydrogens (tertiary/aromatic N) is 5. The van der Waals surface area contributed by atoms with Gasteiger partial charge in [0, 0.05) is 9.79 Å². The summed E-state index contributed by atoms with van der Waals surface area (Å²) >= 11 is 1.36. The van der Waals surface area contributed by atoms with E-state index in [-0.39, 0.29) is 0 Å². The fraction of sp³-hybridized carbons (Fsp3) is 0. The minimum absolute atomic E-state index is 0.335. The van der Waals surface area contributed by atoms with Gasteiger partial charge in [-0.3, -0.25) is 0 Å². The van der Waals surface area contributed by atoms with Crippen molar-refractivity contribution in [2.24, 2.45) is 0 Å². The second-order valence-electron chi connectivity index (χ2n) is 8.21. The standard InChI is InChI=1S/C28H12BN5OS/c1-33-20-12-19(16-32)28-26(13-20)36-25-11-17(14-30)10-18(15-31)27(25)34(28)29-21-6-2-4-8-23(21)35-24-9-5-3-7-22(24)29/h2-13H. The Kier molecular flexibility index (Phi) is 4.91. The van der Waals surface area contributed by atoms with Crippen molar-refractivity contribution in [2.45, 2.75) is 9.79 Å². The molecule has 2 heterocycles. The van der Waals surface area contributed by atoms with Crippen LogP contribution in [0.25, 0.3) is 4.85 Å². The van der Waals surface area contributed by atoms with Gasteiger partial charge in [0.1, 0.15) is 17.6 Å². The fourth-order valence-electron chi connectivity index (χ4n) is 4.80. The molecular formula is C28H12BN5OS. The van der Waals surface area contributed by atoms with Gasteiger partial charge < -0.3 is 9.55 Å². The molecule has 0 radical (unpaired) electrons. The lowest BCUT2D eigenvalue weighted by Crippen LogP contribution is -2.58. The Morgan fingerprint density at radius 2 is 1.36 bits per heavy atom. The van der Waals surface area contributed by atoms with E-state index < -0.39 is 6.85 Å². The number of para-hydroxylation sites is 2. The molecule has 0 amide bonds. The Morgan fingerprint density at radius 3 is 1.94 bits per heavy atom. The average Bonchev–Trinajstić information content (AvgIpc) is 2.93. The van der Waals surface area contributed by atoms with Crippen LogP contribution in [0.4, 0.5) is 17.1 Å². The largest absolute Gasteiger partial charge is 0.458 e. The molecule has 6 rings (SSSR count). The van der Waals surface area contributed by atoms with Crippen LogP contribution in [0.15, 0.2) is 82.6 Å². The lowest BCUT2D eigenvalue weighted by Gasteiger charge is -2.41. The molecule has 0 unspecified atom stereocenters. The van der Waals surface area contributed by atoms with Gasteiger partial charge in [-0.2, -0.15) is 15.8 Å². The predicted octanol–water partition coefficient (Wildman–Crippen LogP) is 5.37. The summed E-state index contributed by atoms with van der Waals surface area (Å²) in [5, 5.41) is 29.9. The van der Waals surface area contributed by atoms with Crippen molar-refractivity contribution in [1.29, 1.82) is 15.8 Å². The molecule has 4 aromatic rings. The summed E-state index contributed by atoms with van der Waals surface area (Å²) in [6, 6.07) is 28.8. The SMILES string of the molecule is [C-]#[N+]c1cc(C#N)c2c(c1)Sc1cc(C#N)cc(C#N)c1N2B1c2ccccc2Oc2ccccc21. The molecule has 8 heteroatoms. The molecule has 6 nitrogen and oxygen atoms in total. The van der Waals surface area contributed by atoms with E-state index in [1.165, 1.54) is 11.8 Å². The lowest BCUT2D eigenvalue weighted by atomic mass is 9.47. The van der Waals surface area contributed by atoms with E-state index >= 15 is 0 Å². The van der Waals surface area contributed by atoms with E-state index in [9.17, 15) is 15.8 Å². The fourth-order valence-corrected chi connectivity index (χ4v) is 6.02. The summed E-state index contributed by atoms with van der Waals surface area (Å²) < 4.78 is 6.22. The maximum Gasteiger partial charge on any atom is 0.335 e. The van der Waals surface area contributed by atoms with E-state index in [0.29, 0.717) is 55.0 Å². The topological polar surface area (TPSA) is 88.2 Å². The zero-order valence-electron chi connectivity index (χ0n) is 18.6. The van der Waals surface area contributed by atoms with Crippen LogP contribution in [0.2, 0.25) is 0 Å². The molecule has 0 saturated heterocycles. The molecule has 2 aliphatic heterocycles. The maximum absolute atomic E-state index is 10.2. The molecule has 4 aromatic carbocycles. The van der Waals surface area contributed by atoms with Gasteiger partial charge in [0.15, 0.2) is 5.69 Å². The Morgan fingerprint density at radius 1 is 0.778 bits per heavy atom. The van der Waals surface area contributed by atoms with Gasteiger partial charge in [-0.15, -0.1) is 0 Å². The summed E-state index contributed by atoms with van der Waals surface area (Å²) in [7, 11) is 0. The van der Waals surface area contributed by atoms with Crippen molar-refractivity contribution < 1.29 is 4.74 Å². The van der Waals surface area contributed by atoms with Gasteiger partial charge in [0.25, 0.3) is 0 Å². The molecule has 0 fully saturated rings. The lowest BCUT2D eigenvalue weighted by molar-refractivity contribution is 0.487. The third-order valence-electron chi connectivity index (χ3n) is 6.24. The highest BCUT2D eigenvalue weighted by Crippen LogP contribution is 2.53. The smallest absolute Gasteiger partial charge is 0.335 e. The molecule has 0 spiro atoms. The van der Waals surface area contributed by atoms with E-state index in [1.54, 1.807) is 24.3 Å². The van der Waals surface area contributed by atoms with Gasteiger partial charge in [-0.05, 0) is 47.3 Å². The number of hydrogen-bond donors (Lipinski definition) is 0. The first-order valence-corrected chi connectivity index (χ1v) is 11.7. The minimum Gasteiger partial charge on any atom is -0.458 e. The third kappa shape index (κ3) is 3.11. The second-order valence-corrected chi connectivity index (χ2v) is 9.29. The Balaban J connectivity index is 1.75. The van der Waals surface area contributed by atoms with E-state index in [2.05, 4.69) is 23.1 Å². The van der Waals surface area contributed by atoms with Crippen molar-refractivity contribution in [3.05, 3.63) is 101 Å². The average molecular weight is 477 g/mol. The Bertz CT molecular complexity index is 1650. The maximum atomic E-state index is 10.2. The number of fused-ring (bicyclic) bond motifs is 4. The normalized spacial score (nSPS) is 12.3. The van der Waals surface area contributed by atoms with Crippen molar-refractivity contribution >= 4 is 46.6 Å². The van der Waals surface area contributed by atoms with Crippen LogP contribution >= 0.6 is 11.8 Å². The molecule has 2 aliphatic rings. The van der Waals surface area contributed by atoms with Crippen molar-refractivity contribution in [3.63, 3.8) is 0 Å². The van der Waals surface area contributed by atoms with Crippen molar-refractivity contribution in [1.82, 2.24) is 0 Å². The van der Waals surface area contributed by atoms with Crippen LogP contribution in [-0.4, -0.2) is 6.85 Å². The Hall–Kier alpha value is -5.15. The first-order chi connectivity index (χ1) is 17.7. The van der Waals surface area contributed by atoms with Crippen LogP contribution in [0, 0.1) is 40.6 Å². The summed E-state index contributed by atoms with van der Waals surface area (Å²) in [5.74, 6) is 1.37. The highest BCUT2D eigenvalue weighted by molar-refractivity contribution is 7.99. The molecule has 36 heavy (non-hydrogen) atoms. The Labute approximate surface area is 212 Å². The molecule has 0 aliphatic carbocycles. The molecule has 0 aromatic heterocycles. The van der Waals surface area contributed by atoms with Crippen molar-refractivity contribution in [3.8, 4) is 29.7 Å². The minimum atomic E-state index is -0.421. The van der Waals surface area contributed by atoms with Crippen LogP contribution in [0.5, 0.6) is 11.5 Å². The zero-order chi connectivity index (χ0) is 24.8. The highest BCUT2D eigenvalue weighted by atomic mass is 32.2. The predicted molar refractivity (Wildman–Crippen MR) is 138 cm³/mol. The second kappa shape index (κ2) is 8.26. The van der Waals surface area contributed by atoms with E-state index in [1.807, 2.05) is 53.3 Å². The molecular weight excluding hydrogens is 465 g/mol. The molecule has 0 atom stereocenters. The molecule has 0 N–H and O–H groups in total. The van der Waals surface area contributed by atoms with Crippen LogP contribution in [-0.2, 0) is 0 Å². The van der Waals surface area contributed by atoms with E-state index in [0.717, 1.165) is 10.9 Å². The van der Waals surface area contributed by atoms with E-state index in [4.69, 9.17) is 11.3 Å². The highest BCUT2D eigenvalue weighted by Gasteiger charge is 2.42. The summed E-state index contributed by atoms with van der Waals surface area (Å²) in [5.41, 5.74) is 4.41. The summed E-state index contributed by atoms with van der Waals surface area (Å²) in [6.45, 7) is 7.11. The van der Waals surface area contributed by atoms with Gasteiger partial charge in [0.05, 0.1) is 46.8 Å². The summed E-state index contributed by atoms with van der Waals surface area (Å²) in [4.78, 5) is 7.00. The molecule has 0 saturated carbocycles. The quantitative estimate of drug-likeness (QED) is 0.271. The van der Waals surface area contributed by atoms with Gasteiger partial charge in [-0.25, -0.2) is 4.85 Å². The van der Waals surface area contributed by atoms with Crippen molar-refractivity contribution in [2.75, 3.05) is 4.81 Å². The van der Waals surface area contributed by atoms with Gasteiger partial charge >= 0.3 is 6.85 Å². The first-order valence-electron chi connectivity index (χ1n) is 10.9. The number of anilines is 2. The number of ether oxygens (including phenoxy) is 1. The first kappa shape index (κ1) is 21.4. The number of nitriles is 3. The molecule has 0 bridgehead atoms. The van der Waals surface area contributed by atoms with Gasteiger partial charge in [0.2, 0.25) is 0 Å². The summed E-state index contributed by atoms with van der Waals surface area (Å²) in [6.07, 6.45) is 0. The third-order valence-corrected chi connectivity index (χ3v) is 7.30. The van der Waals surface area contributed by atoms with Crippen LogP contribution in [0.3, 0.4) is 0 Å². The van der Waals surface area contributed by atoms with Gasteiger partial charge in [-0.1, -0.05) is 48.2 Å². The molecule has 164 valence electrons. The number of hydrogen-bond acceptors (Lipinski definition) is 6. The van der Waals surface area contributed by atoms with Crippen LogP contribution in [0.1, 0.15) is 16.7 Å². The number of rotatable bonds is 1.